The molecule has 20 heavy (non-hydrogen) atoms. The number of hydrogen-bond acceptors (Lipinski definition) is 5. The number of rotatable bonds is 5. The molecule has 1 atom stereocenters. The molecule has 0 radical (unpaired) electrons. The van der Waals surface area contributed by atoms with Crippen molar-refractivity contribution >= 4 is 11.4 Å². The van der Waals surface area contributed by atoms with Gasteiger partial charge in [-0.15, -0.1) is 0 Å². The molecule has 112 valence electrons. The lowest BCUT2D eigenvalue weighted by Gasteiger charge is -2.29. The third kappa shape index (κ3) is 3.28. The quantitative estimate of drug-likeness (QED) is 0.839. The van der Waals surface area contributed by atoms with Crippen molar-refractivity contribution in [3.8, 4) is 11.5 Å². The van der Waals surface area contributed by atoms with Crippen LogP contribution in [0.1, 0.15) is 19.3 Å². The molecule has 1 aliphatic heterocycles. The zero-order chi connectivity index (χ0) is 14.5. The van der Waals surface area contributed by atoms with E-state index in [1.165, 1.54) is 12.8 Å². The van der Waals surface area contributed by atoms with Crippen molar-refractivity contribution < 1.29 is 14.2 Å². The van der Waals surface area contributed by atoms with Crippen molar-refractivity contribution in [1.82, 2.24) is 0 Å². The lowest BCUT2D eigenvalue weighted by molar-refractivity contribution is 0.0216. The molecule has 1 heterocycles. The van der Waals surface area contributed by atoms with Crippen molar-refractivity contribution in [2.75, 3.05) is 45.1 Å². The zero-order valence-electron chi connectivity index (χ0n) is 12.5. The lowest BCUT2D eigenvalue weighted by Crippen LogP contribution is -2.33. The molecule has 1 aromatic rings. The van der Waals surface area contributed by atoms with E-state index in [4.69, 9.17) is 19.9 Å². The van der Waals surface area contributed by atoms with Gasteiger partial charge in [-0.25, -0.2) is 0 Å². The van der Waals surface area contributed by atoms with Crippen molar-refractivity contribution in [2.45, 2.75) is 25.4 Å². The van der Waals surface area contributed by atoms with Crippen LogP contribution in [0.4, 0.5) is 11.4 Å². The average Bonchev–Trinajstić information content (AvgIpc) is 2.47. The smallest absolute Gasteiger partial charge is 0.162 e. The number of nitrogen functional groups attached to an aromatic ring is 1. The molecule has 2 rings (SSSR count). The second-order valence-electron chi connectivity index (χ2n) is 5.14. The second kappa shape index (κ2) is 6.70. The third-order valence-electron chi connectivity index (χ3n) is 3.70. The topological polar surface area (TPSA) is 57.0 Å². The summed E-state index contributed by atoms with van der Waals surface area (Å²) < 4.78 is 16.4. The van der Waals surface area contributed by atoms with Crippen LogP contribution in [0.2, 0.25) is 0 Å². The van der Waals surface area contributed by atoms with Gasteiger partial charge in [-0.1, -0.05) is 0 Å². The Balaban J connectivity index is 2.13. The van der Waals surface area contributed by atoms with E-state index >= 15 is 0 Å². The predicted octanol–water partition coefficient (Wildman–Crippen LogP) is 2.29. The van der Waals surface area contributed by atoms with E-state index in [1.54, 1.807) is 20.3 Å². The van der Waals surface area contributed by atoms with Crippen LogP contribution >= 0.6 is 0 Å². The highest BCUT2D eigenvalue weighted by molar-refractivity contribution is 5.73. The first-order valence-electron chi connectivity index (χ1n) is 7.00. The summed E-state index contributed by atoms with van der Waals surface area (Å²) in [5.41, 5.74) is 7.73. The molecule has 1 aromatic carbocycles. The van der Waals surface area contributed by atoms with Crippen LogP contribution < -0.4 is 20.1 Å². The van der Waals surface area contributed by atoms with Gasteiger partial charge in [0.15, 0.2) is 11.5 Å². The molecule has 5 nitrogen and oxygen atoms in total. The Kier molecular flexibility index (Phi) is 4.95. The molecule has 0 aromatic heterocycles. The maximum Gasteiger partial charge on any atom is 0.162 e. The number of benzene rings is 1. The van der Waals surface area contributed by atoms with Gasteiger partial charge >= 0.3 is 0 Å². The monoisotopic (exact) mass is 280 g/mol. The highest BCUT2D eigenvalue weighted by Crippen LogP contribution is 2.36. The van der Waals surface area contributed by atoms with E-state index < -0.39 is 0 Å². The van der Waals surface area contributed by atoms with Gasteiger partial charge in [0.25, 0.3) is 0 Å². The largest absolute Gasteiger partial charge is 0.493 e. The van der Waals surface area contributed by atoms with E-state index in [2.05, 4.69) is 4.90 Å². The summed E-state index contributed by atoms with van der Waals surface area (Å²) in [5, 5.41) is 0. The van der Waals surface area contributed by atoms with Crippen LogP contribution in [-0.4, -0.2) is 40.5 Å². The van der Waals surface area contributed by atoms with Crippen LogP contribution in [0, 0.1) is 0 Å². The van der Waals surface area contributed by atoms with Gasteiger partial charge in [0.1, 0.15) is 0 Å². The standard InChI is InChI=1S/C15H24N2O3/c1-17(10-11-6-4-5-7-20-11)13-9-15(19-3)14(18-2)8-12(13)16/h8-9,11H,4-7,10,16H2,1-3H3. The van der Waals surface area contributed by atoms with Crippen molar-refractivity contribution in [3.05, 3.63) is 12.1 Å². The van der Waals surface area contributed by atoms with E-state index in [9.17, 15) is 0 Å². The van der Waals surface area contributed by atoms with Crippen LogP contribution in [0.15, 0.2) is 12.1 Å². The Morgan fingerprint density at radius 2 is 1.95 bits per heavy atom. The Labute approximate surface area is 120 Å². The van der Waals surface area contributed by atoms with E-state index in [0.29, 0.717) is 17.2 Å². The first-order valence-corrected chi connectivity index (χ1v) is 7.00. The van der Waals surface area contributed by atoms with Crippen LogP contribution in [0.5, 0.6) is 11.5 Å². The van der Waals surface area contributed by atoms with Crippen molar-refractivity contribution in [2.24, 2.45) is 0 Å². The third-order valence-corrected chi connectivity index (χ3v) is 3.70. The molecule has 1 fully saturated rings. The summed E-state index contributed by atoms with van der Waals surface area (Å²) in [7, 11) is 5.26. The fraction of sp³-hybridized carbons (Fsp3) is 0.600. The SMILES string of the molecule is COc1cc(N)c(N(C)CC2CCCCO2)cc1OC. The highest BCUT2D eigenvalue weighted by atomic mass is 16.5. The van der Waals surface area contributed by atoms with Gasteiger partial charge in [-0.3, -0.25) is 0 Å². The van der Waals surface area contributed by atoms with Crippen molar-refractivity contribution in [3.63, 3.8) is 0 Å². The minimum atomic E-state index is 0.279. The summed E-state index contributed by atoms with van der Waals surface area (Å²) >= 11 is 0. The summed E-state index contributed by atoms with van der Waals surface area (Å²) in [6.45, 7) is 1.69. The number of methoxy groups -OCH3 is 2. The Morgan fingerprint density at radius 3 is 2.55 bits per heavy atom. The molecule has 1 aliphatic rings. The number of nitrogens with zero attached hydrogens (tertiary/aromatic N) is 1. The maximum atomic E-state index is 6.11. The number of likely N-dealkylation sites (N-methyl/N-ethyl adjacent to an activating group) is 1. The molecule has 0 aliphatic carbocycles. The van der Waals surface area contributed by atoms with E-state index in [-0.39, 0.29) is 6.10 Å². The number of nitrogens with two attached hydrogens (primary N) is 1. The normalized spacial score (nSPS) is 18.6. The van der Waals surface area contributed by atoms with Gasteiger partial charge in [0.2, 0.25) is 0 Å². The van der Waals surface area contributed by atoms with Gasteiger partial charge < -0.3 is 24.8 Å². The predicted molar refractivity (Wildman–Crippen MR) is 80.8 cm³/mol. The second-order valence-corrected chi connectivity index (χ2v) is 5.14. The molecular weight excluding hydrogens is 256 g/mol. The molecule has 1 unspecified atom stereocenters. The van der Waals surface area contributed by atoms with Gasteiger partial charge in [-0.2, -0.15) is 0 Å². The molecule has 5 heteroatoms. The Morgan fingerprint density at radius 1 is 1.25 bits per heavy atom. The summed E-state index contributed by atoms with van der Waals surface area (Å²) in [6.07, 6.45) is 3.79. The molecular formula is C15H24N2O3. The van der Waals surface area contributed by atoms with Gasteiger partial charge in [-0.05, 0) is 19.3 Å². The minimum absolute atomic E-state index is 0.279. The Bertz CT molecular complexity index is 445. The molecule has 1 saturated heterocycles. The number of ether oxygens (including phenoxy) is 3. The lowest BCUT2D eigenvalue weighted by atomic mass is 10.1. The maximum absolute atomic E-state index is 6.11. The molecule has 0 spiro atoms. The molecule has 0 saturated carbocycles. The Hall–Kier alpha value is -1.62. The summed E-state index contributed by atoms with van der Waals surface area (Å²) in [4.78, 5) is 2.12. The highest BCUT2D eigenvalue weighted by Gasteiger charge is 2.18. The van der Waals surface area contributed by atoms with Crippen LogP contribution in [0.3, 0.4) is 0 Å². The summed E-state index contributed by atoms with van der Waals surface area (Å²) in [6, 6.07) is 3.71. The van der Waals surface area contributed by atoms with Gasteiger partial charge in [0, 0.05) is 32.3 Å². The first kappa shape index (κ1) is 14.8. The van der Waals surface area contributed by atoms with Crippen LogP contribution in [0.25, 0.3) is 0 Å². The molecule has 0 amide bonds. The number of anilines is 2. The minimum Gasteiger partial charge on any atom is -0.493 e. The average molecular weight is 280 g/mol. The van der Waals surface area contributed by atoms with E-state index in [1.807, 2.05) is 13.1 Å². The fourth-order valence-corrected chi connectivity index (χ4v) is 2.57. The van der Waals surface area contributed by atoms with E-state index in [0.717, 1.165) is 25.3 Å². The van der Waals surface area contributed by atoms with Gasteiger partial charge in [0.05, 0.1) is 31.7 Å². The van der Waals surface area contributed by atoms with Crippen molar-refractivity contribution in [1.29, 1.82) is 0 Å². The molecule has 2 N–H and O–H groups in total. The van der Waals surface area contributed by atoms with Crippen LogP contribution in [-0.2, 0) is 4.74 Å². The molecule has 0 bridgehead atoms. The zero-order valence-corrected chi connectivity index (χ0v) is 12.5. The fourth-order valence-electron chi connectivity index (χ4n) is 2.57. The summed E-state index contributed by atoms with van der Waals surface area (Å²) in [5.74, 6) is 1.34. The first-order chi connectivity index (χ1) is 9.65. The number of hydrogen-bond donors (Lipinski definition) is 1.